The smallest absolute Gasteiger partial charge is 0.338 e. The van der Waals surface area contributed by atoms with Gasteiger partial charge in [0.1, 0.15) is 0 Å². The van der Waals surface area contributed by atoms with Crippen LogP contribution in [0.5, 0.6) is 0 Å². The molecule has 2 saturated carbocycles. The molecule has 6 atom stereocenters. The van der Waals surface area contributed by atoms with Gasteiger partial charge in [0.05, 0.1) is 44.6 Å². The molecule has 0 radical (unpaired) electrons. The van der Waals surface area contributed by atoms with Crippen LogP contribution >= 0.6 is 50.7 Å². The summed E-state index contributed by atoms with van der Waals surface area (Å²) in [4.78, 5) is 51.8. The van der Waals surface area contributed by atoms with Gasteiger partial charge in [0.2, 0.25) is 11.8 Å². The number of anilines is 2. The molecule has 2 aromatic carbocycles. The highest BCUT2D eigenvalue weighted by Gasteiger charge is 2.66. The Morgan fingerprint density at radius 3 is 2.17 bits per heavy atom. The lowest BCUT2D eigenvalue weighted by Gasteiger charge is -2.28. The Bertz CT molecular complexity index is 1210. The van der Waals surface area contributed by atoms with E-state index in [4.69, 9.17) is 39.5 Å². The van der Waals surface area contributed by atoms with E-state index in [0.717, 1.165) is 9.37 Å². The van der Waals surface area contributed by atoms with Crippen LogP contribution in [0, 0.1) is 23.7 Å². The van der Waals surface area contributed by atoms with Gasteiger partial charge in [-0.05, 0) is 60.7 Å². The summed E-state index contributed by atoms with van der Waals surface area (Å²) in [7, 11) is 0. The predicted octanol–water partition coefficient (Wildman–Crippen LogP) is 4.87. The van der Waals surface area contributed by atoms with Crippen LogP contribution in [-0.4, -0.2) is 41.1 Å². The number of amides is 3. The molecule has 3 fully saturated rings. The minimum absolute atomic E-state index is 0.108. The molecule has 7 nitrogen and oxygen atoms in total. The van der Waals surface area contributed by atoms with Crippen LogP contribution in [0.3, 0.4) is 0 Å². The van der Waals surface area contributed by atoms with E-state index in [9.17, 15) is 19.2 Å². The number of rotatable bonds is 5. The van der Waals surface area contributed by atoms with Gasteiger partial charge in [-0.15, -0.1) is 23.2 Å². The second-order valence-corrected chi connectivity index (χ2v) is 11.1. The number of imide groups is 1. The zero-order chi connectivity index (χ0) is 25.0. The van der Waals surface area contributed by atoms with Crippen molar-refractivity contribution in [2.24, 2.45) is 23.7 Å². The van der Waals surface area contributed by atoms with Gasteiger partial charge < -0.3 is 10.1 Å². The quantitative estimate of drug-likeness (QED) is 0.301. The summed E-state index contributed by atoms with van der Waals surface area (Å²) in [6.45, 7) is -0.513. The molecule has 0 unspecified atom stereocenters. The zero-order valence-corrected chi connectivity index (χ0v) is 21.8. The van der Waals surface area contributed by atoms with E-state index in [0.29, 0.717) is 22.8 Å². The van der Waals surface area contributed by atoms with E-state index < -0.39 is 30.3 Å². The Labute approximate surface area is 224 Å². The molecule has 35 heavy (non-hydrogen) atoms. The highest BCUT2D eigenvalue weighted by molar-refractivity contribution is 9.10. The van der Waals surface area contributed by atoms with Gasteiger partial charge in [0.15, 0.2) is 6.61 Å². The third-order valence-corrected chi connectivity index (χ3v) is 9.01. The van der Waals surface area contributed by atoms with E-state index in [1.807, 2.05) is 0 Å². The predicted molar refractivity (Wildman–Crippen MR) is 135 cm³/mol. The molecular formula is C24H18BrCl3N2O5. The maximum Gasteiger partial charge on any atom is 0.338 e. The second kappa shape index (κ2) is 9.39. The fourth-order valence-corrected chi connectivity index (χ4v) is 6.96. The number of hydrogen-bond donors (Lipinski definition) is 1. The Morgan fingerprint density at radius 1 is 1.00 bits per heavy atom. The number of carbonyl (C=O) groups is 4. The summed E-state index contributed by atoms with van der Waals surface area (Å²) in [6.07, 6.45) is 0.690. The number of benzene rings is 2. The molecule has 3 amide bonds. The number of nitrogens with one attached hydrogen (secondary N) is 1. The Kier molecular flexibility index (Phi) is 6.59. The van der Waals surface area contributed by atoms with Gasteiger partial charge in [-0.1, -0.05) is 27.5 Å². The first-order valence-corrected chi connectivity index (χ1v) is 12.9. The lowest BCUT2D eigenvalue weighted by Crippen LogP contribution is -2.37. The summed E-state index contributed by atoms with van der Waals surface area (Å²) in [5.41, 5.74) is 0.925. The third-order valence-electron chi connectivity index (χ3n) is 6.89. The summed E-state index contributed by atoms with van der Waals surface area (Å²) in [5, 5.41) is 2.25. The number of hydrogen-bond acceptors (Lipinski definition) is 5. The van der Waals surface area contributed by atoms with E-state index in [-0.39, 0.29) is 40.0 Å². The highest BCUT2D eigenvalue weighted by atomic mass is 79.9. The number of carbonyl (C=O) groups excluding carboxylic acids is 4. The average Bonchev–Trinajstić information content (AvgIpc) is 3.44. The number of ether oxygens (including phenoxy) is 1. The van der Waals surface area contributed by atoms with Crippen molar-refractivity contribution in [3.8, 4) is 0 Å². The molecule has 2 aromatic rings. The van der Waals surface area contributed by atoms with Gasteiger partial charge in [-0.25, -0.2) is 4.79 Å². The van der Waals surface area contributed by atoms with Crippen LogP contribution in [0.4, 0.5) is 11.4 Å². The standard InChI is InChI=1S/C24H18BrCl3N2O5/c25-11-3-6-16(15(26)7-11)29-17(31)9-35-24(34)10-1-4-12(5-2-10)30-22(32)18-13-8-14(19(18)23(30)33)21(28)20(13)27/h1-7,13-14,18-21H,8-9H2,(H,29,31)/t13-,14-,18-,19-,20+,21+/m1/s1. The molecule has 182 valence electrons. The fraction of sp³-hybridized carbons (Fsp3) is 0.333. The molecule has 11 heteroatoms. The maximum absolute atomic E-state index is 13.1. The first-order valence-electron chi connectivity index (χ1n) is 10.9. The van der Waals surface area contributed by atoms with Crippen LogP contribution < -0.4 is 10.2 Å². The van der Waals surface area contributed by atoms with Gasteiger partial charge >= 0.3 is 5.97 Å². The molecular weight excluding hydrogens is 583 g/mol. The van der Waals surface area contributed by atoms with Gasteiger partial charge in [0.25, 0.3) is 5.91 Å². The molecule has 2 aliphatic carbocycles. The number of nitrogens with zero attached hydrogens (tertiary/aromatic N) is 1. The van der Waals surface area contributed by atoms with Crippen LogP contribution in [0.1, 0.15) is 16.8 Å². The molecule has 3 aliphatic rings. The van der Waals surface area contributed by atoms with Crippen molar-refractivity contribution in [3.63, 3.8) is 0 Å². The fourth-order valence-electron chi connectivity index (χ4n) is 5.34. The van der Waals surface area contributed by atoms with Crippen molar-refractivity contribution in [3.05, 3.63) is 57.5 Å². The summed E-state index contributed by atoms with van der Waals surface area (Å²) in [5.74, 6) is -2.95. The molecule has 1 aliphatic heterocycles. The Morgan fingerprint density at radius 2 is 1.60 bits per heavy atom. The van der Waals surface area contributed by atoms with E-state index in [2.05, 4.69) is 21.2 Å². The number of alkyl halides is 2. The van der Waals surface area contributed by atoms with Crippen molar-refractivity contribution in [2.45, 2.75) is 17.2 Å². The molecule has 1 saturated heterocycles. The summed E-state index contributed by atoms with van der Waals surface area (Å²) < 4.78 is 5.83. The van der Waals surface area contributed by atoms with Crippen molar-refractivity contribution >= 4 is 85.8 Å². The largest absolute Gasteiger partial charge is 0.452 e. The van der Waals surface area contributed by atoms with E-state index in [1.54, 1.807) is 18.2 Å². The van der Waals surface area contributed by atoms with Gasteiger partial charge in [-0.2, -0.15) is 0 Å². The second-order valence-electron chi connectivity index (χ2n) is 8.81. The highest BCUT2D eigenvalue weighted by Crippen LogP contribution is 2.59. The van der Waals surface area contributed by atoms with Gasteiger partial charge in [-0.3, -0.25) is 19.3 Å². The molecule has 2 bridgehead atoms. The summed E-state index contributed by atoms with van der Waals surface area (Å²) in [6, 6.07) is 10.9. The average molecular weight is 601 g/mol. The van der Waals surface area contributed by atoms with Gasteiger partial charge in [0, 0.05) is 4.47 Å². The normalized spacial score (nSPS) is 28.9. The molecule has 5 rings (SSSR count). The van der Waals surface area contributed by atoms with Crippen LogP contribution in [0.25, 0.3) is 0 Å². The lowest BCUT2D eigenvalue weighted by atomic mass is 9.80. The van der Waals surface area contributed by atoms with Crippen molar-refractivity contribution in [1.82, 2.24) is 0 Å². The minimum Gasteiger partial charge on any atom is -0.452 e. The Balaban J connectivity index is 1.21. The van der Waals surface area contributed by atoms with Crippen LogP contribution in [0.2, 0.25) is 5.02 Å². The SMILES string of the molecule is O=C(COC(=O)c1ccc(N2C(=O)[C@@H]3[C@H]4C[C@@H]([C@H](Cl)[C@H]4Cl)[C@H]3C2=O)cc1)Nc1ccc(Br)cc1Cl. The van der Waals surface area contributed by atoms with E-state index >= 15 is 0 Å². The van der Waals surface area contributed by atoms with Crippen LogP contribution in [-0.2, 0) is 19.1 Å². The van der Waals surface area contributed by atoms with Crippen molar-refractivity contribution in [2.75, 3.05) is 16.8 Å². The van der Waals surface area contributed by atoms with Crippen LogP contribution in [0.15, 0.2) is 46.9 Å². The van der Waals surface area contributed by atoms with E-state index in [1.165, 1.54) is 24.3 Å². The number of fused-ring (bicyclic) bond motifs is 5. The monoisotopic (exact) mass is 598 g/mol. The van der Waals surface area contributed by atoms with Crippen molar-refractivity contribution < 1.29 is 23.9 Å². The third kappa shape index (κ3) is 4.24. The number of halogens is 4. The summed E-state index contributed by atoms with van der Waals surface area (Å²) >= 11 is 22.1. The molecule has 0 spiro atoms. The van der Waals surface area contributed by atoms with Crippen molar-refractivity contribution in [1.29, 1.82) is 0 Å². The lowest BCUT2D eigenvalue weighted by molar-refractivity contribution is -0.123. The topological polar surface area (TPSA) is 92.8 Å². The maximum atomic E-state index is 13.1. The minimum atomic E-state index is -0.724. The zero-order valence-electron chi connectivity index (χ0n) is 17.9. The molecule has 1 N–H and O–H groups in total. The molecule has 1 heterocycles. The first kappa shape index (κ1) is 24.6. The Hall–Kier alpha value is -2.13. The number of esters is 1. The molecule has 0 aromatic heterocycles. The first-order chi connectivity index (χ1) is 16.7.